The van der Waals surface area contributed by atoms with E-state index >= 15 is 0 Å². The Hall–Kier alpha value is -3.78. The molecule has 0 aliphatic heterocycles. The van der Waals surface area contributed by atoms with E-state index in [1.54, 1.807) is 16.9 Å². The Bertz CT molecular complexity index is 1160. The number of amides is 2. The number of carbonyl (C=O) groups is 2. The molecule has 2 N–H and O–H groups in total. The Kier molecular flexibility index (Phi) is 5.17. The molecule has 0 aliphatic carbocycles. The molecule has 0 unspecified atom stereocenters. The number of thiophene rings is 1. The molecule has 0 aliphatic rings. The molecule has 4 aromatic rings. The maximum absolute atomic E-state index is 13.7. The zero-order chi connectivity index (χ0) is 20.2. The van der Waals surface area contributed by atoms with Gasteiger partial charge >= 0.3 is 0 Å². The Morgan fingerprint density at radius 2 is 1.55 bits per heavy atom. The van der Waals surface area contributed by atoms with Crippen molar-refractivity contribution < 1.29 is 14.0 Å². The molecule has 0 fully saturated rings. The van der Waals surface area contributed by atoms with Crippen molar-refractivity contribution in [2.75, 3.05) is 0 Å². The summed E-state index contributed by atoms with van der Waals surface area (Å²) in [6.45, 7) is 0. The number of nitrogens with zero attached hydrogens (tertiary/aromatic N) is 2. The van der Waals surface area contributed by atoms with Gasteiger partial charge in [-0.1, -0.05) is 36.4 Å². The van der Waals surface area contributed by atoms with Gasteiger partial charge in [-0.25, -0.2) is 9.07 Å². The van der Waals surface area contributed by atoms with Crippen molar-refractivity contribution in [3.63, 3.8) is 0 Å². The van der Waals surface area contributed by atoms with E-state index in [0.29, 0.717) is 5.69 Å². The molecule has 0 saturated heterocycles. The number of carbonyl (C=O) groups excluding carboxylic acids is 2. The molecule has 2 aromatic heterocycles. The number of hydrogen-bond acceptors (Lipinski definition) is 4. The summed E-state index contributed by atoms with van der Waals surface area (Å²) in [4.78, 5) is 25.7. The van der Waals surface area contributed by atoms with E-state index in [1.165, 1.54) is 29.5 Å². The summed E-state index contributed by atoms with van der Waals surface area (Å²) in [6, 6.07) is 18.6. The third kappa shape index (κ3) is 3.92. The fraction of sp³-hybridized carbons (Fsp3) is 0. The second-order valence-corrected chi connectivity index (χ2v) is 6.98. The molecule has 2 heterocycles. The number of benzene rings is 2. The van der Waals surface area contributed by atoms with Crippen LogP contribution in [0.15, 0.2) is 78.3 Å². The number of nitrogens with one attached hydrogen (secondary N) is 2. The van der Waals surface area contributed by atoms with Crippen LogP contribution in [0.2, 0.25) is 0 Å². The van der Waals surface area contributed by atoms with E-state index in [9.17, 15) is 14.0 Å². The van der Waals surface area contributed by atoms with Crippen LogP contribution in [-0.4, -0.2) is 21.6 Å². The van der Waals surface area contributed by atoms with Gasteiger partial charge in [0.25, 0.3) is 11.8 Å². The van der Waals surface area contributed by atoms with Crippen LogP contribution < -0.4 is 10.9 Å². The first-order valence-electron chi connectivity index (χ1n) is 8.67. The average Bonchev–Trinajstić information content (AvgIpc) is 3.42. The highest BCUT2D eigenvalue weighted by Crippen LogP contribution is 2.27. The van der Waals surface area contributed by atoms with Gasteiger partial charge in [-0.15, -0.1) is 11.3 Å². The van der Waals surface area contributed by atoms with Gasteiger partial charge in [0.1, 0.15) is 11.5 Å². The average molecular weight is 406 g/mol. The lowest BCUT2D eigenvalue weighted by Crippen LogP contribution is -2.42. The standard InChI is InChI=1S/C21H15FN4O2S/c22-17-10-5-4-9-15(17)20(27)23-24-21(28)16-13-26(14-7-2-1-3-8-14)25-19(16)18-11-6-12-29-18/h1-13H,(H,23,27)(H,24,28). The summed E-state index contributed by atoms with van der Waals surface area (Å²) in [5, 5.41) is 6.42. The predicted molar refractivity (Wildman–Crippen MR) is 108 cm³/mol. The number of rotatable bonds is 4. The second-order valence-electron chi connectivity index (χ2n) is 6.04. The van der Waals surface area contributed by atoms with E-state index in [-0.39, 0.29) is 11.1 Å². The number of hydrazine groups is 1. The minimum Gasteiger partial charge on any atom is -0.267 e. The zero-order valence-corrected chi connectivity index (χ0v) is 15.8. The quantitative estimate of drug-likeness (QED) is 0.506. The molecule has 0 saturated carbocycles. The van der Waals surface area contributed by atoms with Crippen LogP contribution in [0, 0.1) is 5.82 Å². The first-order chi connectivity index (χ1) is 14.1. The minimum atomic E-state index is -0.746. The van der Waals surface area contributed by atoms with Crippen LogP contribution in [-0.2, 0) is 0 Å². The first-order valence-corrected chi connectivity index (χ1v) is 9.55. The summed E-state index contributed by atoms with van der Waals surface area (Å²) < 4.78 is 15.3. The molecule has 4 rings (SSSR count). The van der Waals surface area contributed by atoms with E-state index in [0.717, 1.165) is 10.6 Å². The van der Waals surface area contributed by atoms with E-state index in [4.69, 9.17) is 0 Å². The molecule has 144 valence electrons. The summed E-state index contributed by atoms with van der Waals surface area (Å²) in [5.41, 5.74) is 5.99. The van der Waals surface area contributed by atoms with E-state index < -0.39 is 17.6 Å². The van der Waals surface area contributed by atoms with Gasteiger partial charge in [-0.3, -0.25) is 20.4 Å². The molecular weight excluding hydrogens is 391 g/mol. The van der Waals surface area contributed by atoms with Crippen molar-refractivity contribution in [3.8, 4) is 16.3 Å². The Labute approximate surface area is 169 Å². The smallest absolute Gasteiger partial charge is 0.267 e. The maximum atomic E-state index is 13.7. The molecule has 29 heavy (non-hydrogen) atoms. The second kappa shape index (κ2) is 8.07. The van der Waals surface area contributed by atoms with Crippen LogP contribution in [0.5, 0.6) is 0 Å². The normalized spacial score (nSPS) is 10.5. The lowest BCUT2D eigenvalue weighted by atomic mass is 10.2. The predicted octanol–water partition coefficient (Wildman–Crippen LogP) is 3.81. The summed E-state index contributed by atoms with van der Waals surface area (Å²) in [7, 11) is 0. The van der Waals surface area contributed by atoms with Crippen LogP contribution in [0.3, 0.4) is 0 Å². The van der Waals surface area contributed by atoms with Crippen molar-refractivity contribution in [3.05, 3.63) is 95.3 Å². The van der Waals surface area contributed by atoms with Gasteiger partial charge in [0.05, 0.1) is 21.7 Å². The molecule has 2 aromatic carbocycles. The van der Waals surface area contributed by atoms with Crippen LogP contribution in [0.25, 0.3) is 16.3 Å². The van der Waals surface area contributed by atoms with Gasteiger partial charge in [0, 0.05) is 6.20 Å². The van der Waals surface area contributed by atoms with Gasteiger partial charge in [-0.05, 0) is 35.7 Å². The molecule has 8 heteroatoms. The van der Waals surface area contributed by atoms with Gasteiger partial charge < -0.3 is 0 Å². The van der Waals surface area contributed by atoms with Crippen molar-refractivity contribution in [2.24, 2.45) is 0 Å². The molecule has 0 bridgehead atoms. The molecule has 0 radical (unpaired) electrons. The van der Waals surface area contributed by atoms with E-state index in [1.807, 2.05) is 47.8 Å². The number of hydrogen-bond donors (Lipinski definition) is 2. The third-order valence-electron chi connectivity index (χ3n) is 4.14. The molecule has 0 spiro atoms. The topological polar surface area (TPSA) is 76.0 Å². The van der Waals surface area contributed by atoms with Crippen molar-refractivity contribution in [1.29, 1.82) is 0 Å². The lowest BCUT2D eigenvalue weighted by Gasteiger charge is -2.07. The zero-order valence-electron chi connectivity index (χ0n) is 15.0. The summed E-state index contributed by atoms with van der Waals surface area (Å²) in [5.74, 6) is -1.97. The number of para-hydroxylation sites is 1. The fourth-order valence-electron chi connectivity index (χ4n) is 2.74. The van der Waals surface area contributed by atoms with Gasteiger partial charge in [-0.2, -0.15) is 5.10 Å². The molecule has 0 atom stereocenters. The SMILES string of the molecule is O=C(NNC(=O)c1cn(-c2ccccc2)nc1-c1cccs1)c1ccccc1F. The monoisotopic (exact) mass is 406 g/mol. The first kappa shape index (κ1) is 18.6. The van der Waals surface area contributed by atoms with Crippen molar-refractivity contribution >= 4 is 23.2 Å². The molecule has 2 amide bonds. The third-order valence-corrected chi connectivity index (χ3v) is 5.02. The van der Waals surface area contributed by atoms with Crippen molar-refractivity contribution in [1.82, 2.24) is 20.6 Å². The fourth-order valence-corrected chi connectivity index (χ4v) is 3.47. The van der Waals surface area contributed by atoms with Crippen LogP contribution in [0.4, 0.5) is 4.39 Å². The molecule has 6 nitrogen and oxygen atoms in total. The Morgan fingerprint density at radius 1 is 0.862 bits per heavy atom. The van der Waals surface area contributed by atoms with E-state index in [2.05, 4.69) is 16.0 Å². The highest BCUT2D eigenvalue weighted by atomic mass is 32.1. The van der Waals surface area contributed by atoms with Gasteiger partial charge in [0.2, 0.25) is 0 Å². The summed E-state index contributed by atoms with van der Waals surface area (Å²) >= 11 is 1.45. The van der Waals surface area contributed by atoms with Gasteiger partial charge in [0.15, 0.2) is 0 Å². The van der Waals surface area contributed by atoms with Crippen LogP contribution in [0.1, 0.15) is 20.7 Å². The largest absolute Gasteiger partial charge is 0.273 e. The number of halogens is 1. The Balaban J connectivity index is 1.60. The van der Waals surface area contributed by atoms with Crippen LogP contribution >= 0.6 is 11.3 Å². The maximum Gasteiger partial charge on any atom is 0.273 e. The number of aromatic nitrogens is 2. The lowest BCUT2D eigenvalue weighted by molar-refractivity contribution is 0.0844. The highest BCUT2D eigenvalue weighted by Gasteiger charge is 2.20. The minimum absolute atomic E-state index is 0.161. The Morgan fingerprint density at radius 3 is 2.24 bits per heavy atom. The highest BCUT2D eigenvalue weighted by molar-refractivity contribution is 7.13. The van der Waals surface area contributed by atoms with Crippen molar-refractivity contribution in [2.45, 2.75) is 0 Å². The summed E-state index contributed by atoms with van der Waals surface area (Å²) in [6.07, 6.45) is 1.59. The molecular formula is C21H15FN4O2S.